The lowest BCUT2D eigenvalue weighted by molar-refractivity contribution is -0.122. The van der Waals surface area contributed by atoms with Crippen molar-refractivity contribution in [3.63, 3.8) is 0 Å². The number of carbonyl (C=O) groups is 4. The van der Waals surface area contributed by atoms with Crippen LogP contribution in [0.3, 0.4) is 0 Å². The van der Waals surface area contributed by atoms with Gasteiger partial charge in [-0.2, -0.15) is 0 Å². The standard InChI is InChI=1S/C29H25BrClN3O6/c1-4-39-24-14-18(13-21(30)26(24)40-15-25(35)32-19-8-5-7-16(2)11-19)12-20-27(36)33-29(38)34(28(20)37)23-10-6-9-22(31)17(23)3/h5-14H,4,15H2,1-3H3,(H,32,35)(H,33,36,38)/b20-12+. The monoisotopic (exact) mass is 625 g/mol. The zero-order valence-electron chi connectivity index (χ0n) is 21.8. The molecule has 1 aliphatic rings. The van der Waals surface area contributed by atoms with Crippen molar-refractivity contribution in [2.24, 2.45) is 0 Å². The van der Waals surface area contributed by atoms with Crippen molar-refractivity contribution in [2.45, 2.75) is 20.8 Å². The van der Waals surface area contributed by atoms with Gasteiger partial charge in [0.1, 0.15) is 5.57 Å². The molecule has 0 unspecified atom stereocenters. The lowest BCUT2D eigenvalue weighted by atomic mass is 10.1. The van der Waals surface area contributed by atoms with E-state index in [-0.39, 0.29) is 41.9 Å². The number of ether oxygens (including phenoxy) is 2. The first-order valence-electron chi connectivity index (χ1n) is 12.2. The molecule has 1 aliphatic heterocycles. The van der Waals surface area contributed by atoms with Gasteiger partial charge in [-0.25, -0.2) is 9.69 Å². The van der Waals surface area contributed by atoms with Gasteiger partial charge in [-0.1, -0.05) is 29.8 Å². The Morgan fingerprint density at radius 2 is 1.82 bits per heavy atom. The second-order valence-electron chi connectivity index (χ2n) is 8.81. The highest BCUT2D eigenvalue weighted by molar-refractivity contribution is 9.10. The smallest absolute Gasteiger partial charge is 0.335 e. The average Bonchev–Trinajstić information content (AvgIpc) is 2.88. The number of nitrogens with one attached hydrogen (secondary N) is 2. The number of carbonyl (C=O) groups excluding carboxylic acids is 4. The van der Waals surface area contributed by atoms with Gasteiger partial charge in [0.25, 0.3) is 17.7 Å². The number of rotatable bonds is 8. The zero-order valence-corrected chi connectivity index (χ0v) is 24.2. The Kier molecular flexibility index (Phi) is 8.91. The zero-order chi connectivity index (χ0) is 29.0. The third-order valence-electron chi connectivity index (χ3n) is 5.87. The fourth-order valence-electron chi connectivity index (χ4n) is 4.01. The van der Waals surface area contributed by atoms with Crippen LogP contribution in [0.15, 0.2) is 64.6 Å². The molecule has 206 valence electrons. The average molecular weight is 627 g/mol. The molecule has 1 saturated heterocycles. The van der Waals surface area contributed by atoms with Crippen LogP contribution in [0.5, 0.6) is 11.5 Å². The minimum Gasteiger partial charge on any atom is -0.490 e. The van der Waals surface area contributed by atoms with Crippen molar-refractivity contribution in [1.29, 1.82) is 0 Å². The highest BCUT2D eigenvalue weighted by Gasteiger charge is 2.37. The number of urea groups is 1. The number of aryl methyl sites for hydroxylation is 1. The summed E-state index contributed by atoms with van der Waals surface area (Å²) < 4.78 is 11.9. The van der Waals surface area contributed by atoms with E-state index in [1.54, 1.807) is 50.2 Å². The van der Waals surface area contributed by atoms with Crippen LogP contribution in [0, 0.1) is 13.8 Å². The first kappa shape index (κ1) is 28.8. The van der Waals surface area contributed by atoms with E-state index in [1.807, 2.05) is 25.1 Å². The van der Waals surface area contributed by atoms with Gasteiger partial charge in [-0.3, -0.25) is 19.7 Å². The summed E-state index contributed by atoms with van der Waals surface area (Å²) in [5.74, 6) is -1.45. The van der Waals surface area contributed by atoms with E-state index in [4.69, 9.17) is 21.1 Å². The molecular formula is C29H25BrClN3O6. The van der Waals surface area contributed by atoms with Gasteiger partial charge < -0.3 is 14.8 Å². The van der Waals surface area contributed by atoms with Crippen molar-refractivity contribution < 1.29 is 28.7 Å². The molecule has 4 rings (SSSR count). The molecule has 0 atom stereocenters. The van der Waals surface area contributed by atoms with Crippen LogP contribution in [-0.4, -0.2) is 37.0 Å². The predicted octanol–water partition coefficient (Wildman–Crippen LogP) is 5.80. The predicted molar refractivity (Wildman–Crippen MR) is 156 cm³/mol. The van der Waals surface area contributed by atoms with Gasteiger partial charge >= 0.3 is 6.03 Å². The van der Waals surface area contributed by atoms with Crippen LogP contribution in [0.25, 0.3) is 6.08 Å². The SMILES string of the molecule is CCOc1cc(/C=C2\C(=O)NC(=O)N(c3cccc(Cl)c3C)C2=O)cc(Br)c1OCC(=O)Nc1cccc(C)c1. The maximum absolute atomic E-state index is 13.3. The molecule has 1 fully saturated rings. The summed E-state index contributed by atoms with van der Waals surface area (Å²) in [6, 6.07) is 14.5. The fraction of sp³-hybridized carbons (Fsp3) is 0.172. The molecule has 9 nitrogen and oxygen atoms in total. The largest absolute Gasteiger partial charge is 0.490 e. The summed E-state index contributed by atoms with van der Waals surface area (Å²) in [6.45, 7) is 5.37. The number of nitrogens with zero attached hydrogens (tertiary/aromatic N) is 1. The van der Waals surface area contributed by atoms with Gasteiger partial charge in [-0.05, 0) is 95.9 Å². The van der Waals surface area contributed by atoms with Crippen molar-refractivity contribution >= 4 is 68.7 Å². The van der Waals surface area contributed by atoms with Gasteiger partial charge in [0.2, 0.25) is 0 Å². The first-order chi connectivity index (χ1) is 19.1. The summed E-state index contributed by atoms with van der Waals surface area (Å²) in [6.07, 6.45) is 1.35. The molecule has 2 N–H and O–H groups in total. The van der Waals surface area contributed by atoms with E-state index in [1.165, 1.54) is 6.08 Å². The summed E-state index contributed by atoms with van der Waals surface area (Å²) in [5.41, 5.74) is 2.58. The number of benzene rings is 3. The van der Waals surface area contributed by atoms with E-state index in [0.29, 0.717) is 26.3 Å². The maximum Gasteiger partial charge on any atom is 0.335 e. The normalized spacial score (nSPS) is 14.3. The number of hydrogen-bond acceptors (Lipinski definition) is 6. The molecule has 0 radical (unpaired) electrons. The minimum atomic E-state index is -0.874. The molecule has 11 heteroatoms. The highest BCUT2D eigenvalue weighted by Crippen LogP contribution is 2.38. The van der Waals surface area contributed by atoms with Gasteiger partial charge in [0, 0.05) is 10.7 Å². The molecular weight excluding hydrogens is 602 g/mol. The number of hydrogen-bond donors (Lipinski definition) is 2. The second kappa shape index (κ2) is 12.4. The fourth-order valence-corrected chi connectivity index (χ4v) is 4.76. The van der Waals surface area contributed by atoms with Crippen LogP contribution < -0.4 is 25.0 Å². The maximum atomic E-state index is 13.3. The molecule has 5 amide bonds. The molecule has 40 heavy (non-hydrogen) atoms. The van der Waals surface area contributed by atoms with E-state index < -0.39 is 17.8 Å². The quantitative estimate of drug-likeness (QED) is 0.241. The Morgan fingerprint density at radius 1 is 1.07 bits per heavy atom. The summed E-state index contributed by atoms with van der Waals surface area (Å²) >= 11 is 9.62. The van der Waals surface area contributed by atoms with Gasteiger partial charge in [-0.15, -0.1) is 0 Å². The van der Waals surface area contributed by atoms with Crippen LogP contribution in [-0.2, 0) is 14.4 Å². The van der Waals surface area contributed by atoms with Crippen molar-refractivity contribution in [2.75, 3.05) is 23.4 Å². The Balaban J connectivity index is 1.60. The van der Waals surface area contributed by atoms with Crippen LogP contribution >= 0.6 is 27.5 Å². The van der Waals surface area contributed by atoms with Crippen molar-refractivity contribution in [1.82, 2.24) is 5.32 Å². The molecule has 0 spiro atoms. The van der Waals surface area contributed by atoms with E-state index >= 15 is 0 Å². The molecule has 0 saturated carbocycles. The third-order valence-corrected chi connectivity index (χ3v) is 6.87. The minimum absolute atomic E-state index is 0.261. The van der Waals surface area contributed by atoms with E-state index in [2.05, 4.69) is 26.6 Å². The number of amides is 5. The molecule has 3 aromatic rings. The first-order valence-corrected chi connectivity index (χ1v) is 13.4. The Hall–Kier alpha value is -4.15. The Bertz CT molecular complexity index is 1550. The van der Waals surface area contributed by atoms with Gasteiger partial charge in [0.15, 0.2) is 18.1 Å². The molecule has 3 aromatic carbocycles. The van der Waals surface area contributed by atoms with Gasteiger partial charge in [0.05, 0.1) is 16.8 Å². The Labute approximate surface area is 244 Å². The number of anilines is 2. The summed E-state index contributed by atoms with van der Waals surface area (Å²) in [7, 11) is 0. The number of barbiturate groups is 1. The molecule has 0 aliphatic carbocycles. The van der Waals surface area contributed by atoms with Crippen molar-refractivity contribution in [3.8, 4) is 11.5 Å². The molecule has 0 bridgehead atoms. The third kappa shape index (κ3) is 6.35. The van der Waals surface area contributed by atoms with E-state index in [0.717, 1.165) is 10.5 Å². The second-order valence-corrected chi connectivity index (χ2v) is 10.1. The lowest BCUT2D eigenvalue weighted by Crippen LogP contribution is -2.54. The highest BCUT2D eigenvalue weighted by atomic mass is 79.9. The van der Waals surface area contributed by atoms with Crippen LogP contribution in [0.4, 0.5) is 16.2 Å². The van der Waals surface area contributed by atoms with Crippen LogP contribution in [0.2, 0.25) is 5.02 Å². The van der Waals surface area contributed by atoms with Crippen LogP contribution in [0.1, 0.15) is 23.6 Å². The molecule has 1 heterocycles. The topological polar surface area (TPSA) is 114 Å². The Morgan fingerprint density at radius 3 is 2.55 bits per heavy atom. The molecule has 0 aromatic heterocycles. The summed E-state index contributed by atoms with van der Waals surface area (Å²) in [5, 5.41) is 5.35. The lowest BCUT2D eigenvalue weighted by Gasteiger charge is -2.27. The summed E-state index contributed by atoms with van der Waals surface area (Å²) in [4.78, 5) is 52.0. The number of imide groups is 2. The van der Waals surface area contributed by atoms with E-state index in [9.17, 15) is 19.2 Å². The number of halogens is 2. The van der Waals surface area contributed by atoms with Crippen molar-refractivity contribution in [3.05, 3.63) is 86.4 Å².